The van der Waals surface area contributed by atoms with Crippen LogP contribution in [0, 0.1) is 34.9 Å². The van der Waals surface area contributed by atoms with Gasteiger partial charge in [0.1, 0.15) is 84.2 Å². The number of benzene rings is 8. The Morgan fingerprint density at radius 1 is 0.381 bits per heavy atom. The molecule has 6 aliphatic rings. The number of halogens is 6. The second-order valence-corrected chi connectivity index (χ2v) is 30.5. The number of aromatic nitrogens is 6. The Balaban J connectivity index is 0.000000119. The number of allylic oxidation sites excluding steroid dienone is 8. The summed E-state index contributed by atoms with van der Waals surface area (Å²) >= 11 is 0. The molecular formula is C98H76F6N6O16. The van der Waals surface area contributed by atoms with Crippen LogP contribution in [0.4, 0.5) is 26.3 Å². The van der Waals surface area contributed by atoms with Gasteiger partial charge in [0.05, 0.1) is 94.4 Å². The first-order chi connectivity index (χ1) is 61.0. The third-order valence-corrected chi connectivity index (χ3v) is 22.7. The maximum Gasteiger partial charge on any atom is 0.353 e. The quantitative estimate of drug-likeness (QED) is 0.0517. The first-order valence-corrected chi connectivity index (χ1v) is 40.5. The summed E-state index contributed by atoms with van der Waals surface area (Å²) in [6.07, 6.45) is 16.9. The van der Waals surface area contributed by atoms with Crippen LogP contribution in [0.25, 0.3) is 77.0 Å². The largest absolute Gasteiger partial charge is 0.493 e. The van der Waals surface area contributed by atoms with Crippen LogP contribution in [-0.4, -0.2) is 113 Å². The summed E-state index contributed by atoms with van der Waals surface area (Å²) in [5.74, 6) is -3.49. The van der Waals surface area contributed by atoms with E-state index in [0.717, 1.165) is 73.2 Å². The van der Waals surface area contributed by atoms with Gasteiger partial charge < -0.3 is 66.9 Å². The van der Waals surface area contributed by atoms with Gasteiger partial charge in [-0.1, -0.05) is 85.0 Å². The van der Waals surface area contributed by atoms with Gasteiger partial charge in [-0.3, -0.25) is 28.8 Å². The second-order valence-electron chi connectivity index (χ2n) is 30.5. The van der Waals surface area contributed by atoms with Crippen LogP contribution >= 0.6 is 0 Å². The number of carbonyl (C=O) groups excluding carboxylic acids is 4. The summed E-state index contributed by atoms with van der Waals surface area (Å²) in [7, 11) is 0. The minimum absolute atomic E-state index is 0.0124. The number of carboxylic acids is 2. The average Bonchev–Trinajstić information content (AvgIpc) is 1.59. The number of rotatable bonds is 16. The topological polar surface area (TPSA) is 284 Å². The number of fused-ring (bicyclic) bond motifs is 12. The van der Waals surface area contributed by atoms with E-state index in [-0.39, 0.29) is 124 Å². The number of ether oxygens (including phenoxy) is 6. The lowest BCUT2D eigenvalue weighted by atomic mass is 9.92. The molecule has 28 heteroatoms. The highest BCUT2D eigenvalue weighted by Gasteiger charge is 2.37. The van der Waals surface area contributed by atoms with E-state index in [1.54, 1.807) is 135 Å². The Kier molecular flexibility index (Phi) is 23.0. The van der Waals surface area contributed by atoms with E-state index < -0.39 is 41.0 Å². The van der Waals surface area contributed by atoms with Crippen molar-refractivity contribution in [3.63, 3.8) is 0 Å². The predicted molar refractivity (Wildman–Crippen MR) is 459 cm³/mol. The fourth-order valence-electron chi connectivity index (χ4n) is 17.3. The smallest absolute Gasteiger partial charge is 0.353 e. The van der Waals surface area contributed by atoms with Gasteiger partial charge in [-0.2, -0.15) is 0 Å². The van der Waals surface area contributed by atoms with Crippen LogP contribution in [-0.2, 0) is 48.6 Å². The summed E-state index contributed by atoms with van der Waals surface area (Å²) in [4.78, 5) is 107. The number of H-pyrrole nitrogens is 2. The molecule has 20 rings (SSSR count). The number of hydrogen-bond donors (Lipinski definition) is 4. The molecule has 14 aromatic rings. The highest BCUT2D eigenvalue weighted by molar-refractivity contribution is 6.29. The molecule has 0 bridgehead atoms. The summed E-state index contributed by atoms with van der Waals surface area (Å²) < 4.78 is 127. The minimum atomic E-state index is -1.26. The summed E-state index contributed by atoms with van der Waals surface area (Å²) in [6, 6.07) is 40.1. The van der Waals surface area contributed by atoms with Gasteiger partial charge in [0.2, 0.25) is 0 Å². The Morgan fingerprint density at radius 3 is 1.12 bits per heavy atom. The van der Waals surface area contributed by atoms with Crippen LogP contribution < -0.4 is 39.5 Å². The molecule has 8 aromatic carbocycles. The number of hydrogen-bond acceptors (Lipinski definition) is 14. The number of carbonyl (C=O) groups is 6. The number of Topliss-reactive ketones (excluding diaryl/α,β-unsaturated/α-hetero) is 4. The number of ketones is 4. The molecule has 0 atom stereocenters. The highest BCUT2D eigenvalue weighted by atomic mass is 19.1. The Labute approximate surface area is 712 Å². The van der Waals surface area contributed by atoms with Crippen molar-refractivity contribution >= 4 is 89.8 Å². The molecular weight excluding hydrogens is 1630 g/mol. The van der Waals surface area contributed by atoms with Crippen molar-refractivity contribution in [3.8, 4) is 56.8 Å². The number of carboxylic acid groups (broad SMARTS) is 2. The normalized spacial score (nSPS) is 14.2. The lowest BCUT2D eigenvalue weighted by Gasteiger charge is -2.19. The van der Waals surface area contributed by atoms with Crippen molar-refractivity contribution in [2.24, 2.45) is 0 Å². The van der Waals surface area contributed by atoms with Crippen LogP contribution in [0.1, 0.15) is 126 Å². The number of aromatic carboxylic acids is 2. The molecule has 2 aliphatic carbocycles. The molecule has 0 spiro atoms. The molecule has 6 aromatic heterocycles. The fraction of sp³-hybridized carbons (Fsp3) is 0.184. The number of pyridine rings is 2. The second kappa shape index (κ2) is 35.0. The van der Waals surface area contributed by atoms with Gasteiger partial charge >= 0.3 is 11.9 Å². The zero-order valence-corrected chi connectivity index (χ0v) is 67.6. The monoisotopic (exact) mass is 1710 g/mol. The molecule has 10 heterocycles. The molecule has 636 valence electrons. The first kappa shape index (κ1) is 83.1. The molecule has 126 heavy (non-hydrogen) atoms. The van der Waals surface area contributed by atoms with Gasteiger partial charge in [-0.05, 0) is 146 Å². The molecule has 0 fully saturated rings. The van der Waals surface area contributed by atoms with Crippen LogP contribution in [0.5, 0.6) is 34.5 Å². The van der Waals surface area contributed by atoms with Crippen molar-refractivity contribution in [2.45, 2.75) is 78.6 Å². The zero-order valence-electron chi connectivity index (χ0n) is 67.6. The standard InChI is InChI=1S/C25H19F2NO4.C25H20FNO4.C24H18F2N2O4.C24H19FN2O4/c26-16-8-9-18(27)15(12-16)13-28-19-10-7-14-4-3-11-32-24(14)22(19)21(23(28)25(30)31)17-5-1-2-6-20(17)29;26-18-9-3-1-6-16(18)14-27-19-12-11-15-7-5-13-31-24(15)22(19)21(23(27)25(29)30)17-8-2-4-10-20(17)28;1-13(29)22-20(16-3-2-8-27-24(16)30)21-18(6-7-19-23(21)32-10-9-31-19)28(22)12-14-11-15(25)4-5-17(14)26;1-14(28)22-20(16-6-4-10-26-24(16)29)21-18(8-9-19-23(21)31-12-11-30-19)27(22)13-15-5-2-3-7-17(15)25/h1-2,5,7-10,12H,3-4,6,11,13H2,(H,30,31);1-4,6,8-9,11-12H,5,7,10,13-14H2,(H,29,30);2-8,11H,9-10,12H2,1H3,(H,27,30);2-10H,11-13H2,1H3,(H,26,29). The SMILES string of the molecule is CC(=O)c1c(-c2ccc[nH]c2=O)c2c3c(ccc2n1Cc1cc(F)ccc1F)OCCO3.CC(=O)c1c(-c2ccc[nH]c2=O)c2c3c(ccc2n1Cc1ccccc1F)OCCO3.O=C1CC=CC=C1c1c(C(=O)O)n(Cc2cc(F)ccc2F)c2ccc3c(c12)OCCC3.O=C1CC=CC=C1c1c(C(=O)O)n(Cc2ccccc2F)c2ccc3c(c12)OCCC3. The molecule has 4 N–H and O–H groups in total. The highest BCUT2D eigenvalue weighted by Crippen LogP contribution is 2.50. The summed E-state index contributed by atoms with van der Waals surface area (Å²) in [5.41, 5.74) is 7.40. The first-order valence-electron chi connectivity index (χ1n) is 40.5. The van der Waals surface area contributed by atoms with Crippen molar-refractivity contribution in [2.75, 3.05) is 39.6 Å². The van der Waals surface area contributed by atoms with Crippen LogP contribution in [0.2, 0.25) is 0 Å². The maximum absolute atomic E-state index is 14.5. The summed E-state index contributed by atoms with van der Waals surface area (Å²) in [6.45, 7) is 5.09. The molecule has 22 nitrogen and oxygen atoms in total. The van der Waals surface area contributed by atoms with Crippen LogP contribution in [0.3, 0.4) is 0 Å². The van der Waals surface area contributed by atoms with E-state index in [4.69, 9.17) is 28.4 Å². The lowest BCUT2D eigenvalue weighted by Crippen LogP contribution is -2.15. The number of nitrogens with zero attached hydrogens (tertiary/aromatic N) is 4. The predicted octanol–water partition coefficient (Wildman–Crippen LogP) is 18.1. The van der Waals surface area contributed by atoms with E-state index in [9.17, 15) is 74.9 Å². The molecule has 4 aliphatic heterocycles. The Morgan fingerprint density at radius 2 is 0.738 bits per heavy atom. The average molecular weight is 1710 g/mol. The van der Waals surface area contributed by atoms with Crippen molar-refractivity contribution < 1.29 is 93.7 Å². The molecule has 0 radical (unpaired) electrons. The molecule has 0 saturated carbocycles. The third kappa shape index (κ3) is 15.6. The van der Waals surface area contributed by atoms with E-state index in [0.29, 0.717) is 162 Å². The van der Waals surface area contributed by atoms with Gasteiger partial charge in [-0.25, -0.2) is 35.9 Å². The fourth-order valence-corrected chi connectivity index (χ4v) is 17.3. The zero-order chi connectivity index (χ0) is 87.9. The van der Waals surface area contributed by atoms with E-state index in [2.05, 4.69) is 9.97 Å². The number of aryl methyl sites for hydroxylation is 2. The van der Waals surface area contributed by atoms with Crippen molar-refractivity contribution in [1.82, 2.24) is 28.2 Å². The molecule has 0 unspecified atom stereocenters. The van der Waals surface area contributed by atoms with Crippen molar-refractivity contribution in [3.05, 3.63) is 329 Å². The molecule has 0 saturated heterocycles. The Hall–Kier alpha value is -15.2. The third-order valence-electron chi connectivity index (χ3n) is 22.7. The minimum Gasteiger partial charge on any atom is -0.493 e. The lowest BCUT2D eigenvalue weighted by molar-refractivity contribution is -0.113. The van der Waals surface area contributed by atoms with E-state index >= 15 is 0 Å². The van der Waals surface area contributed by atoms with Crippen LogP contribution in [0.15, 0.2) is 216 Å². The maximum atomic E-state index is 14.5. The number of nitrogens with one attached hydrogen (secondary N) is 2. The molecule has 0 amide bonds. The van der Waals surface area contributed by atoms with E-state index in [1.165, 1.54) is 42.9 Å². The summed E-state index contributed by atoms with van der Waals surface area (Å²) in [5, 5.41) is 22.6. The Bertz CT molecular complexity index is 7160. The van der Waals surface area contributed by atoms with Crippen molar-refractivity contribution in [1.29, 1.82) is 0 Å². The van der Waals surface area contributed by atoms with Gasteiger partial charge in [-0.15, -0.1) is 0 Å². The van der Waals surface area contributed by atoms with E-state index in [1.807, 2.05) is 24.3 Å². The van der Waals surface area contributed by atoms with Gasteiger partial charge in [0.25, 0.3) is 11.1 Å². The number of aromatic amines is 2. The van der Waals surface area contributed by atoms with Gasteiger partial charge in [0.15, 0.2) is 46.1 Å². The van der Waals surface area contributed by atoms with Gasteiger partial charge in [0, 0.05) is 106 Å².